The lowest BCUT2D eigenvalue weighted by Gasteiger charge is -2.14. The molecule has 1 N–H and O–H groups in total. The van der Waals surface area contributed by atoms with Crippen LogP contribution in [0.2, 0.25) is 4.34 Å². The first-order chi connectivity index (χ1) is 8.97. The van der Waals surface area contributed by atoms with Crippen molar-refractivity contribution in [2.75, 3.05) is 7.05 Å². The monoisotopic (exact) mass is 299 g/mol. The van der Waals surface area contributed by atoms with Crippen LogP contribution >= 0.6 is 22.9 Å². The predicted octanol–water partition coefficient (Wildman–Crippen LogP) is 2.96. The van der Waals surface area contributed by atoms with E-state index in [1.807, 2.05) is 6.07 Å². The van der Waals surface area contributed by atoms with Crippen molar-refractivity contribution in [1.82, 2.24) is 4.90 Å². The van der Waals surface area contributed by atoms with Crippen LogP contribution < -0.4 is 0 Å². The maximum absolute atomic E-state index is 12.0. The van der Waals surface area contributed by atoms with E-state index < -0.39 is 5.97 Å². The van der Waals surface area contributed by atoms with Crippen molar-refractivity contribution < 1.29 is 19.1 Å². The Kier molecular flexibility index (Phi) is 3.92. The van der Waals surface area contributed by atoms with E-state index >= 15 is 0 Å². The Morgan fingerprint density at radius 3 is 2.53 bits per heavy atom. The minimum atomic E-state index is -1.20. The summed E-state index contributed by atoms with van der Waals surface area (Å²) in [4.78, 5) is 25.0. The molecule has 0 aliphatic heterocycles. The number of nitrogens with zero attached hydrogens (tertiary/aromatic N) is 1. The summed E-state index contributed by atoms with van der Waals surface area (Å²) >= 11 is 7.20. The number of hydrogen-bond acceptors (Lipinski definition) is 4. The third-order valence-electron chi connectivity index (χ3n) is 2.40. The van der Waals surface area contributed by atoms with Gasteiger partial charge < -0.3 is 14.4 Å². The van der Waals surface area contributed by atoms with Crippen molar-refractivity contribution in [2.45, 2.75) is 6.54 Å². The van der Waals surface area contributed by atoms with Gasteiger partial charge in [-0.3, -0.25) is 4.79 Å². The molecule has 2 aromatic heterocycles. The molecule has 0 saturated carbocycles. The van der Waals surface area contributed by atoms with Gasteiger partial charge >= 0.3 is 5.97 Å². The number of carbonyl (C=O) groups excluding carboxylic acids is 1. The molecule has 2 rings (SSSR count). The Morgan fingerprint density at radius 1 is 1.32 bits per heavy atom. The fourth-order valence-electron chi connectivity index (χ4n) is 1.50. The highest BCUT2D eigenvalue weighted by molar-refractivity contribution is 7.16. The molecule has 0 radical (unpaired) electrons. The minimum Gasteiger partial charge on any atom is -0.475 e. The summed E-state index contributed by atoms with van der Waals surface area (Å²) in [7, 11) is 1.61. The summed E-state index contributed by atoms with van der Waals surface area (Å²) < 4.78 is 5.61. The van der Waals surface area contributed by atoms with Crippen LogP contribution in [0.4, 0.5) is 0 Å². The number of carboxylic acids is 1. The van der Waals surface area contributed by atoms with E-state index in [0.29, 0.717) is 10.9 Å². The van der Waals surface area contributed by atoms with Crippen molar-refractivity contribution in [2.24, 2.45) is 0 Å². The van der Waals surface area contributed by atoms with Crippen LogP contribution in [0.25, 0.3) is 0 Å². The summed E-state index contributed by atoms with van der Waals surface area (Å²) in [5.41, 5.74) is 0. The molecule has 7 heteroatoms. The van der Waals surface area contributed by atoms with Crippen LogP contribution in [0, 0.1) is 0 Å². The van der Waals surface area contributed by atoms with E-state index in [4.69, 9.17) is 21.1 Å². The molecule has 19 heavy (non-hydrogen) atoms. The number of furan rings is 1. The predicted molar refractivity (Wildman–Crippen MR) is 70.8 cm³/mol. The van der Waals surface area contributed by atoms with E-state index in [2.05, 4.69) is 0 Å². The van der Waals surface area contributed by atoms with E-state index in [1.165, 1.54) is 28.4 Å². The molecule has 0 bridgehead atoms. The van der Waals surface area contributed by atoms with Gasteiger partial charge in [-0.05, 0) is 24.3 Å². The zero-order valence-corrected chi connectivity index (χ0v) is 11.5. The lowest BCUT2D eigenvalue weighted by molar-refractivity contribution is 0.0653. The zero-order chi connectivity index (χ0) is 14.0. The number of aromatic carboxylic acids is 1. The number of amides is 1. The van der Waals surface area contributed by atoms with E-state index in [-0.39, 0.29) is 17.4 Å². The molecule has 0 aromatic carbocycles. The van der Waals surface area contributed by atoms with Crippen molar-refractivity contribution in [3.63, 3.8) is 0 Å². The molecular weight excluding hydrogens is 290 g/mol. The lowest BCUT2D eigenvalue weighted by atomic mass is 10.3. The fourth-order valence-corrected chi connectivity index (χ4v) is 2.64. The van der Waals surface area contributed by atoms with Crippen LogP contribution in [-0.4, -0.2) is 28.9 Å². The number of hydrogen-bond donors (Lipinski definition) is 1. The minimum absolute atomic E-state index is 0.00236. The topological polar surface area (TPSA) is 70.8 Å². The van der Waals surface area contributed by atoms with Crippen molar-refractivity contribution in [3.05, 3.63) is 45.0 Å². The van der Waals surface area contributed by atoms with Gasteiger partial charge in [0.05, 0.1) is 10.9 Å². The zero-order valence-electron chi connectivity index (χ0n) is 9.92. The highest BCUT2D eigenvalue weighted by atomic mass is 35.5. The molecule has 0 fully saturated rings. The maximum Gasteiger partial charge on any atom is 0.371 e. The third kappa shape index (κ3) is 3.15. The van der Waals surface area contributed by atoms with Gasteiger partial charge in [0, 0.05) is 11.9 Å². The van der Waals surface area contributed by atoms with Gasteiger partial charge in [0.15, 0.2) is 5.76 Å². The summed E-state index contributed by atoms with van der Waals surface area (Å²) in [6.07, 6.45) is 0. The molecule has 0 unspecified atom stereocenters. The Labute approximate surface area is 118 Å². The second-order valence-corrected chi connectivity index (χ2v) is 5.64. The fraction of sp³-hybridized carbons (Fsp3) is 0.167. The summed E-state index contributed by atoms with van der Waals surface area (Å²) in [5.74, 6) is -1.83. The van der Waals surface area contributed by atoms with Gasteiger partial charge in [0.1, 0.15) is 0 Å². The van der Waals surface area contributed by atoms with Gasteiger partial charge in [-0.25, -0.2) is 4.79 Å². The molecule has 0 spiro atoms. The molecule has 0 atom stereocenters. The smallest absolute Gasteiger partial charge is 0.371 e. The van der Waals surface area contributed by atoms with E-state index in [9.17, 15) is 9.59 Å². The van der Waals surface area contributed by atoms with Crippen molar-refractivity contribution >= 4 is 34.8 Å². The Bertz CT molecular complexity index is 619. The summed E-state index contributed by atoms with van der Waals surface area (Å²) in [6, 6.07) is 6.20. The van der Waals surface area contributed by atoms with Gasteiger partial charge in [0.2, 0.25) is 5.76 Å². The first kappa shape index (κ1) is 13.6. The summed E-state index contributed by atoms with van der Waals surface area (Å²) in [5, 5.41) is 8.72. The number of halogens is 1. The van der Waals surface area contributed by atoms with Crippen LogP contribution in [0.1, 0.15) is 26.0 Å². The van der Waals surface area contributed by atoms with Gasteiger partial charge in [-0.15, -0.1) is 11.3 Å². The average molecular weight is 300 g/mol. The molecule has 0 aliphatic carbocycles. The number of rotatable bonds is 4. The maximum atomic E-state index is 12.0. The van der Waals surface area contributed by atoms with E-state index in [0.717, 1.165) is 4.88 Å². The molecule has 1 amide bonds. The first-order valence-corrected chi connectivity index (χ1v) is 6.49. The first-order valence-electron chi connectivity index (χ1n) is 5.30. The highest BCUT2D eigenvalue weighted by Crippen LogP contribution is 2.23. The molecule has 100 valence electrons. The molecule has 0 aliphatic rings. The van der Waals surface area contributed by atoms with Crippen molar-refractivity contribution in [1.29, 1.82) is 0 Å². The Hall–Kier alpha value is -1.79. The quantitative estimate of drug-likeness (QED) is 0.942. The number of carbonyl (C=O) groups is 2. The van der Waals surface area contributed by atoms with Crippen LogP contribution in [0.5, 0.6) is 0 Å². The molecular formula is C12H10ClNO4S. The normalized spacial score (nSPS) is 10.4. The largest absolute Gasteiger partial charge is 0.475 e. The lowest BCUT2D eigenvalue weighted by Crippen LogP contribution is -2.25. The van der Waals surface area contributed by atoms with E-state index in [1.54, 1.807) is 13.1 Å². The Morgan fingerprint density at radius 2 is 2.00 bits per heavy atom. The number of carboxylic acid groups (broad SMARTS) is 1. The van der Waals surface area contributed by atoms with Crippen LogP contribution in [-0.2, 0) is 6.54 Å². The second kappa shape index (κ2) is 5.46. The molecule has 0 saturated heterocycles. The second-order valence-electron chi connectivity index (χ2n) is 3.84. The molecule has 2 heterocycles. The van der Waals surface area contributed by atoms with Crippen LogP contribution in [0.15, 0.2) is 28.7 Å². The van der Waals surface area contributed by atoms with Crippen molar-refractivity contribution in [3.8, 4) is 0 Å². The molecule has 5 nitrogen and oxygen atoms in total. The van der Waals surface area contributed by atoms with Gasteiger partial charge in [0.25, 0.3) is 5.91 Å². The highest BCUT2D eigenvalue weighted by Gasteiger charge is 2.18. The SMILES string of the molecule is CN(Cc1ccc(Cl)s1)C(=O)c1ccc(C(=O)O)o1. The average Bonchev–Trinajstić information content (AvgIpc) is 2.97. The third-order valence-corrected chi connectivity index (χ3v) is 3.61. The Balaban J connectivity index is 2.07. The van der Waals surface area contributed by atoms with Gasteiger partial charge in [-0.1, -0.05) is 11.6 Å². The van der Waals surface area contributed by atoms with Crippen LogP contribution in [0.3, 0.4) is 0 Å². The van der Waals surface area contributed by atoms with Gasteiger partial charge in [-0.2, -0.15) is 0 Å². The summed E-state index contributed by atoms with van der Waals surface area (Å²) in [6.45, 7) is 0.388. The standard InChI is InChI=1S/C12H10ClNO4S/c1-14(6-7-2-5-10(13)19-7)11(15)8-3-4-9(18-8)12(16)17/h2-5H,6H2,1H3,(H,16,17). The number of thiophene rings is 1. The molecule has 2 aromatic rings.